The molecule has 0 atom stereocenters. The third kappa shape index (κ3) is 2.40. The zero-order chi connectivity index (χ0) is 18.3. The molecule has 6 nitrogen and oxygen atoms in total. The maximum absolute atomic E-state index is 12.6. The fourth-order valence-electron chi connectivity index (χ4n) is 3.68. The second kappa shape index (κ2) is 6.19. The van der Waals surface area contributed by atoms with E-state index in [0.717, 1.165) is 46.4 Å². The molecule has 0 radical (unpaired) electrons. The van der Waals surface area contributed by atoms with Gasteiger partial charge in [-0.1, -0.05) is 0 Å². The number of amides is 1. The van der Waals surface area contributed by atoms with Gasteiger partial charge in [-0.3, -0.25) is 4.79 Å². The van der Waals surface area contributed by atoms with Crippen molar-refractivity contribution < 1.29 is 4.79 Å². The Kier molecular flexibility index (Phi) is 3.85. The number of nitrogens with zero attached hydrogens (tertiary/aromatic N) is 3. The average molecular weight is 345 g/mol. The van der Waals surface area contributed by atoms with Crippen LogP contribution in [0.1, 0.15) is 28.0 Å². The summed E-state index contributed by atoms with van der Waals surface area (Å²) >= 11 is 0. The number of pyridine rings is 1. The SMILES string of the molecule is CNc1ccc(-c2cc(C#N)cc3c(C)c4n(c23)CCCNC4=O)cn1. The maximum Gasteiger partial charge on any atom is 0.268 e. The molecule has 0 aliphatic carbocycles. The number of hydrogen-bond acceptors (Lipinski definition) is 4. The molecule has 130 valence electrons. The highest BCUT2D eigenvalue weighted by Gasteiger charge is 2.24. The van der Waals surface area contributed by atoms with Gasteiger partial charge in [-0.25, -0.2) is 4.98 Å². The molecular formula is C20H19N5O. The highest BCUT2D eigenvalue weighted by atomic mass is 16.2. The van der Waals surface area contributed by atoms with E-state index in [-0.39, 0.29) is 5.91 Å². The van der Waals surface area contributed by atoms with Crippen LogP contribution in [0.25, 0.3) is 22.0 Å². The molecule has 2 N–H and O–H groups in total. The van der Waals surface area contributed by atoms with Crippen LogP contribution in [0.3, 0.4) is 0 Å². The largest absolute Gasteiger partial charge is 0.373 e. The average Bonchev–Trinajstić information content (AvgIpc) is 2.82. The summed E-state index contributed by atoms with van der Waals surface area (Å²) in [5.74, 6) is 0.732. The van der Waals surface area contributed by atoms with Crippen LogP contribution in [0.4, 0.5) is 5.82 Å². The van der Waals surface area contributed by atoms with E-state index in [9.17, 15) is 10.1 Å². The molecule has 0 spiro atoms. The molecule has 4 rings (SSSR count). The number of hydrogen-bond donors (Lipinski definition) is 2. The minimum atomic E-state index is -0.0516. The predicted octanol–water partition coefficient (Wildman–Crippen LogP) is 3.06. The molecule has 3 aromatic rings. The Morgan fingerprint density at radius 2 is 2.19 bits per heavy atom. The molecule has 1 aliphatic heterocycles. The number of nitrogens with one attached hydrogen (secondary N) is 2. The summed E-state index contributed by atoms with van der Waals surface area (Å²) in [7, 11) is 1.82. The van der Waals surface area contributed by atoms with Crippen LogP contribution in [0, 0.1) is 18.3 Å². The molecule has 2 aromatic heterocycles. The lowest BCUT2D eigenvalue weighted by Crippen LogP contribution is -2.23. The molecule has 3 heterocycles. The minimum absolute atomic E-state index is 0.0516. The number of aromatic nitrogens is 2. The number of carbonyl (C=O) groups is 1. The molecule has 0 unspecified atom stereocenters. The number of nitriles is 1. The van der Waals surface area contributed by atoms with Crippen molar-refractivity contribution >= 4 is 22.6 Å². The number of fused-ring (bicyclic) bond motifs is 3. The van der Waals surface area contributed by atoms with Crippen molar-refractivity contribution in [2.24, 2.45) is 0 Å². The molecule has 0 saturated carbocycles. The molecule has 1 amide bonds. The Morgan fingerprint density at radius 1 is 1.35 bits per heavy atom. The molecule has 1 aromatic carbocycles. The third-order valence-electron chi connectivity index (χ3n) is 4.93. The predicted molar refractivity (Wildman–Crippen MR) is 101 cm³/mol. The summed E-state index contributed by atoms with van der Waals surface area (Å²) in [5.41, 5.74) is 5.03. The Hall–Kier alpha value is -3.33. The molecule has 0 saturated heterocycles. The summed E-state index contributed by atoms with van der Waals surface area (Å²) in [6, 6.07) is 9.89. The summed E-state index contributed by atoms with van der Waals surface area (Å²) < 4.78 is 2.09. The topological polar surface area (TPSA) is 82.7 Å². The van der Waals surface area contributed by atoms with Crippen LogP contribution in [-0.2, 0) is 6.54 Å². The first kappa shape index (κ1) is 16.2. The molecule has 26 heavy (non-hydrogen) atoms. The Balaban J connectivity index is 2.07. The molecule has 0 fully saturated rings. The Morgan fingerprint density at radius 3 is 2.88 bits per heavy atom. The van der Waals surface area contributed by atoms with E-state index in [1.807, 2.05) is 38.2 Å². The second-order valence-corrected chi connectivity index (χ2v) is 6.45. The van der Waals surface area contributed by atoms with Crippen LogP contribution < -0.4 is 10.6 Å². The molecular weight excluding hydrogens is 326 g/mol. The lowest BCUT2D eigenvalue weighted by Gasteiger charge is -2.11. The van der Waals surface area contributed by atoms with Crippen molar-refractivity contribution in [3.63, 3.8) is 0 Å². The van der Waals surface area contributed by atoms with Gasteiger partial charge in [0.2, 0.25) is 0 Å². The van der Waals surface area contributed by atoms with Crippen LogP contribution in [0.2, 0.25) is 0 Å². The van der Waals surface area contributed by atoms with E-state index in [4.69, 9.17) is 0 Å². The second-order valence-electron chi connectivity index (χ2n) is 6.45. The third-order valence-corrected chi connectivity index (χ3v) is 4.93. The normalized spacial score (nSPS) is 13.7. The van der Waals surface area contributed by atoms with Gasteiger partial charge >= 0.3 is 0 Å². The van der Waals surface area contributed by atoms with Crippen LogP contribution in [0.15, 0.2) is 30.5 Å². The van der Waals surface area contributed by atoms with Gasteiger partial charge < -0.3 is 15.2 Å². The first-order valence-corrected chi connectivity index (χ1v) is 8.63. The monoisotopic (exact) mass is 345 g/mol. The number of anilines is 1. The Bertz CT molecular complexity index is 1060. The highest BCUT2D eigenvalue weighted by molar-refractivity contribution is 6.06. The van der Waals surface area contributed by atoms with Crippen molar-refractivity contribution in [3.8, 4) is 17.2 Å². The number of rotatable bonds is 2. The van der Waals surface area contributed by atoms with Crippen molar-refractivity contribution in [3.05, 3.63) is 47.3 Å². The maximum atomic E-state index is 12.6. The minimum Gasteiger partial charge on any atom is -0.373 e. The van der Waals surface area contributed by atoms with Gasteiger partial charge in [-0.2, -0.15) is 5.26 Å². The quantitative estimate of drug-likeness (QED) is 0.748. The fourth-order valence-corrected chi connectivity index (χ4v) is 3.68. The lowest BCUT2D eigenvalue weighted by molar-refractivity contribution is 0.0951. The van der Waals surface area contributed by atoms with Gasteiger partial charge in [0.1, 0.15) is 11.5 Å². The van der Waals surface area contributed by atoms with E-state index < -0.39 is 0 Å². The molecule has 1 aliphatic rings. The van der Waals surface area contributed by atoms with Gasteiger partial charge in [-0.15, -0.1) is 0 Å². The number of carbonyl (C=O) groups excluding carboxylic acids is 1. The Labute approximate surface area is 151 Å². The van der Waals surface area contributed by atoms with E-state index in [1.54, 1.807) is 6.20 Å². The van der Waals surface area contributed by atoms with Crippen molar-refractivity contribution in [2.75, 3.05) is 18.9 Å². The van der Waals surface area contributed by atoms with Crippen LogP contribution >= 0.6 is 0 Å². The lowest BCUT2D eigenvalue weighted by atomic mass is 10.00. The van der Waals surface area contributed by atoms with Gasteiger partial charge in [0, 0.05) is 42.8 Å². The molecule has 0 bridgehead atoms. The standard InChI is InChI=1S/C20H19N5O/c1-12-15-8-13(10-21)9-16(14-4-5-17(22-2)24-11-14)19(15)25-7-3-6-23-20(26)18(12)25/h4-5,8-9,11H,3,6-7H2,1-2H3,(H,22,24)(H,23,26). The van der Waals surface area contributed by atoms with Crippen molar-refractivity contribution in [2.45, 2.75) is 19.9 Å². The summed E-state index contributed by atoms with van der Waals surface area (Å²) in [6.45, 7) is 3.39. The van der Waals surface area contributed by atoms with Crippen molar-refractivity contribution in [1.29, 1.82) is 5.26 Å². The van der Waals surface area contributed by atoms with E-state index >= 15 is 0 Å². The van der Waals surface area contributed by atoms with E-state index in [1.165, 1.54) is 0 Å². The highest BCUT2D eigenvalue weighted by Crippen LogP contribution is 2.36. The molecule has 6 heteroatoms. The zero-order valence-corrected chi connectivity index (χ0v) is 14.8. The summed E-state index contributed by atoms with van der Waals surface area (Å²) in [5, 5.41) is 16.4. The van der Waals surface area contributed by atoms with Gasteiger partial charge in [-0.05, 0) is 43.2 Å². The number of aryl methyl sites for hydroxylation is 2. The van der Waals surface area contributed by atoms with Crippen molar-refractivity contribution in [1.82, 2.24) is 14.9 Å². The van der Waals surface area contributed by atoms with Gasteiger partial charge in [0.25, 0.3) is 5.91 Å². The van der Waals surface area contributed by atoms with Gasteiger partial charge in [0.05, 0.1) is 17.1 Å². The van der Waals surface area contributed by atoms with Crippen LogP contribution in [0.5, 0.6) is 0 Å². The van der Waals surface area contributed by atoms with Crippen LogP contribution in [-0.4, -0.2) is 29.1 Å². The summed E-state index contributed by atoms with van der Waals surface area (Å²) in [4.78, 5) is 17.0. The fraction of sp³-hybridized carbons (Fsp3) is 0.250. The first-order valence-electron chi connectivity index (χ1n) is 8.63. The number of benzene rings is 1. The first-order chi connectivity index (χ1) is 12.6. The van der Waals surface area contributed by atoms with E-state index in [0.29, 0.717) is 17.8 Å². The van der Waals surface area contributed by atoms with Gasteiger partial charge in [0.15, 0.2) is 0 Å². The zero-order valence-electron chi connectivity index (χ0n) is 14.8. The summed E-state index contributed by atoms with van der Waals surface area (Å²) in [6.07, 6.45) is 2.67. The van der Waals surface area contributed by atoms with E-state index in [2.05, 4.69) is 26.3 Å². The smallest absolute Gasteiger partial charge is 0.268 e.